The Morgan fingerprint density at radius 2 is 2.04 bits per heavy atom. The van der Waals surface area contributed by atoms with E-state index in [1.165, 1.54) is 5.56 Å². The fraction of sp³-hybridized carbons (Fsp3) is 0.556. The van der Waals surface area contributed by atoms with Gasteiger partial charge in [-0.1, -0.05) is 23.7 Å². The molecule has 6 heteroatoms. The molecular formula is C18H24ClN3O2. The topological polar surface area (TPSA) is 61.4 Å². The van der Waals surface area contributed by atoms with Crippen molar-refractivity contribution in [3.8, 4) is 0 Å². The highest BCUT2D eigenvalue weighted by atomic mass is 35.5. The van der Waals surface area contributed by atoms with Crippen LogP contribution in [0, 0.1) is 5.92 Å². The maximum Gasteiger partial charge on any atom is 0.322 e. The van der Waals surface area contributed by atoms with Crippen molar-refractivity contribution in [2.45, 2.75) is 38.1 Å². The van der Waals surface area contributed by atoms with E-state index in [1.807, 2.05) is 19.1 Å². The standard InChI is InChI=1S/C18H24ClN3O2/c1-18(16(23)20-17(24)21-18)14-5-3-11-22(12-14)10-2-4-13-6-8-15(19)9-7-13/h6-9,14H,2-5,10-12H2,1H3,(H2,20,21,23,24)/t14-,18+/m0/s1. The number of piperidine rings is 1. The van der Waals surface area contributed by atoms with Gasteiger partial charge < -0.3 is 10.2 Å². The summed E-state index contributed by atoms with van der Waals surface area (Å²) < 4.78 is 0. The fourth-order valence-electron chi connectivity index (χ4n) is 3.73. The zero-order valence-corrected chi connectivity index (χ0v) is 14.7. The highest BCUT2D eigenvalue weighted by Gasteiger charge is 2.48. The molecule has 3 rings (SSSR count). The molecule has 0 unspecified atom stereocenters. The first-order valence-corrected chi connectivity index (χ1v) is 8.95. The number of carbonyl (C=O) groups excluding carboxylic acids is 2. The van der Waals surface area contributed by atoms with E-state index in [1.54, 1.807) is 0 Å². The third-order valence-electron chi connectivity index (χ3n) is 5.25. The van der Waals surface area contributed by atoms with Gasteiger partial charge in [-0.15, -0.1) is 0 Å². The number of hydrogen-bond donors (Lipinski definition) is 2. The SMILES string of the molecule is C[C@]1([C@H]2CCCN(CCCc3ccc(Cl)cc3)C2)NC(=O)NC1=O. The number of imide groups is 1. The van der Waals surface area contributed by atoms with Crippen LogP contribution in [-0.4, -0.2) is 42.0 Å². The summed E-state index contributed by atoms with van der Waals surface area (Å²) >= 11 is 5.91. The number of nitrogens with zero attached hydrogens (tertiary/aromatic N) is 1. The molecular weight excluding hydrogens is 326 g/mol. The van der Waals surface area contributed by atoms with E-state index in [0.29, 0.717) is 0 Å². The van der Waals surface area contributed by atoms with E-state index in [2.05, 4.69) is 27.7 Å². The Balaban J connectivity index is 1.51. The van der Waals surface area contributed by atoms with Crippen LogP contribution in [0.5, 0.6) is 0 Å². The van der Waals surface area contributed by atoms with Crippen molar-refractivity contribution in [1.82, 2.24) is 15.5 Å². The highest BCUT2D eigenvalue weighted by Crippen LogP contribution is 2.29. The molecule has 2 aliphatic heterocycles. The molecule has 1 aromatic carbocycles. The second kappa shape index (κ2) is 7.11. The van der Waals surface area contributed by atoms with Crippen LogP contribution in [0.1, 0.15) is 31.7 Å². The van der Waals surface area contributed by atoms with Crippen LogP contribution >= 0.6 is 11.6 Å². The maximum absolute atomic E-state index is 12.1. The summed E-state index contributed by atoms with van der Waals surface area (Å²) in [5.41, 5.74) is 0.522. The average Bonchev–Trinajstić information content (AvgIpc) is 2.83. The Morgan fingerprint density at radius 1 is 1.29 bits per heavy atom. The van der Waals surface area contributed by atoms with Crippen molar-refractivity contribution in [2.75, 3.05) is 19.6 Å². The molecule has 5 nitrogen and oxygen atoms in total. The monoisotopic (exact) mass is 349 g/mol. The molecule has 0 saturated carbocycles. The predicted octanol–water partition coefficient (Wildman–Crippen LogP) is 2.58. The lowest BCUT2D eigenvalue weighted by atomic mass is 9.80. The highest BCUT2D eigenvalue weighted by molar-refractivity contribution is 6.30. The third kappa shape index (κ3) is 3.73. The summed E-state index contributed by atoms with van der Waals surface area (Å²) in [4.78, 5) is 26.0. The number of aryl methyl sites for hydroxylation is 1. The minimum atomic E-state index is -0.772. The molecule has 0 aromatic heterocycles. The second-order valence-corrected chi connectivity index (χ2v) is 7.42. The minimum absolute atomic E-state index is 0.160. The van der Waals surface area contributed by atoms with E-state index in [-0.39, 0.29) is 17.9 Å². The number of amides is 3. The summed E-state index contributed by atoms with van der Waals surface area (Å²) in [6.07, 6.45) is 4.12. The van der Waals surface area contributed by atoms with E-state index < -0.39 is 5.54 Å². The second-order valence-electron chi connectivity index (χ2n) is 6.98. The van der Waals surface area contributed by atoms with Crippen LogP contribution in [0.4, 0.5) is 4.79 Å². The van der Waals surface area contributed by atoms with Gasteiger partial charge in [0.2, 0.25) is 0 Å². The zero-order chi connectivity index (χ0) is 17.2. The first kappa shape index (κ1) is 17.2. The zero-order valence-electron chi connectivity index (χ0n) is 14.0. The van der Waals surface area contributed by atoms with Crippen molar-refractivity contribution < 1.29 is 9.59 Å². The Bertz CT molecular complexity index is 619. The number of likely N-dealkylation sites (tertiary alicyclic amines) is 1. The van der Waals surface area contributed by atoms with Gasteiger partial charge in [-0.2, -0.15) is 0 Å². The van der Waals surface area contributed by atoms with Gasteiger partial charge in [0.1, 0.15) is 5.54 Å². The first-order chi connectivity index (χ1) is 11.5. The summed E-state index contributed by atoms with van der Waals surface area (Å²) in [6.45, 7) is 4.76. The van der Waals surface area contributed by atoms with Gasteiger partial charge in [0, 0.05) is 17.5 Å². The van der Waals surface area contributed by atoms with Crippen LogP contribution in [0.15, 0.2) is 24.3 Å². The quantitative estimate of drug-likeness (QED) is 0.803. The van der Waals surface area contributed by atoms with Crippen LogP contribution in [-0.2, 0) is 11.2 Å². The lowest BCUT2D eigenvalue weighted by Gasteiger charge is -2.39. The third-order valence-corrected chi connectivity index (χ3v) is 5.50. The van der Waals surface area contributed by atoms with E-state index in [9.17, 15) is 9.59 Å². The number of halogens is 1. The largest absolute Gasteiger partial charge is 0.323 e. The normalized spacial score (nSPS) is 27.8. The van der Waals surface area contributed by atoms with Crippen LogP contribution in [0.2, 0.25) is 5.02 Å². The molecule has 0 aliphatic carbocycles. The number of benzene rings is 1. The van der Waals surface area contributed by atoms with Crippen molar-refractivity contribution >= 4 is 23.5 Å². The van der Waals surface area contributed by atoms with Gasteiger partial charge in [-0.3, -0.25) is 10.1 Å². The summed E-state index contributed by atoms with van der Waals surface area (Å²) in [5.74, 6) is -0.0336. The Kier molecular flexibility index (Phi) is 5.11. The predicted molar refractivity (Wildman–Crippen MR) is 94.0 cm³/mol. The van der Waals surface area contributed by atoms with Crippen LogP contribution in [0.3, 0.4) is 0 Å². The van der Waals surface area contributed by atoms with Gasteiger partial charge in [0.05, 0.1) is 0 Å². The van der Waals surface area contributed by atoms with Crippen molar-refractivity contribution in [2.24, 2.45) is 5.92 Å². The van der Waals surface area contributed by atoms with Gasteiger partial charge in [0.15, 0.2) is 0 Å². The fourth-order valence-corrected chi connectivity index (χ4v) is 3.86. The molecule has 0 radical (unpaired) electrons. The Morgan fingerprint density at radius 3 is 2.71 bits per heavy atom. The smallest absolute Gasteiger partial charge is 0.322 e. The number of carbonyl (C=O) groups is 2. The molecule has 130 valence electrons. The molecule has 2 fully saturated rings. The van der Waals surface area contributed by atoms with Crippen LogP contribution < -0.4 is 10.6 Å². The molecule has 2 N–H and O–H groups in total. The first-order valence-electron chi connectivity index (χ1n) is 8.58. The molecule has 3 amide bonds. The van der Waals surface area contributed by atoms with E-state index in [4.69, 9.17) is 11.6 Å². The number of nitrogens with one attached hydrogen (secondary N) is 2. The maximum atomic E-state index is 12.1. The Labute approximate surface area is 147 Å². The van der Waals surface area contributed by atoms with E-state index in [0.717, 1.165) is 50.3 Å². The van der Waals surface area contributed by atoms with Crippen molar-refractivity contribution in [3.63, 3.8) is 0 Å². The molecule has 2 heterocycles. The average molecular weight is 350 g/mol. The Hall–Kier alpha value is -1.59. The van der Waals surface area contributed by atoms with Gasteiger partial charge in [-0.25, -0.2) is 4.79 Å². The molecule has 2 aliphatic rings. The number of urea groups is 1. The van der Waals surface area contributed by atoms with Gasteiger partial charge in [-0.05, 0) is 63.4 Å². The van der Waals surface area contributed by atoms with Crippen LogP contribution in [0.25, 0.3) is 0 Å². The molecule has 0 bridgehead atoms. The summed E-state index contributed by atoms with van der Waals surface area (Å²) in [6, 6.07) is 7.62. The number of rotatable bonds is 5. The number of hydrogen-bond acceptors (Lipinski definition) is 3. The van der Waals surface area contributed by atoms with Gasteiger partial charge in [0.25, 0.3) is 5.91 Å². The summed E-state index contributed by atoms with van der Waals surface area (Å²) in [5, 5.41) is 5.96. The lowest BCUT2D eigenvalue weighted by molar-refractivity contribution is -0.126. The molecule has 24 heavy (non-hydrogen) atoms. The van der Waals surface area contributed by atoms with Crippen molar-refractivity contribution in [3.05, 3.63) is 34.9 Å². The molecule has 2 saturated heterocycles. The summed E-state index contributed by atoms with van der Waals surface area (Å²) in [7, 11) is 0. The van der Waals surface area contributed by atoms with Crippen molar-refractivity contribution in [1.29, 1.82) is 0 Å². The van der Waals surface area contributed by atoms with Gasteiger partial charge >= 0.3 is 6.03 Å². The molecule has 0 spiro atoms. The lowest BCUT2D eigenvalue weighted by Crippen LogP contribution is -2.55. The molecule has 2 atom stereocenters. The van der Waals surface area contributed by atoms with E-state index >= 15 is 0 Å². The molecule has 1 aromatic rings. The minimum Gasteiger partial charge on any atom is -0.323 e.